The van der Waals surface area contributed by atoms with Crippen LogP contribution in [-0.2, 0) is 7.05 Å². The summed E-state index contributed by atoms with van der Waals surface area (Å²) in [6.07, 6.45) is 0. The fourth-order valence-electron chi connectivity index (χ4n) is 2.45. The van der Waals surface area contributed by atoms with E-state index in [0.717, 1.165) is 5.56 Å². The minimum absolute atomic E-state index is 0.00448. The lowest BCUT2D eigenvalue weighted by Crippen LogP contribution is -2.25. The van der Waals surface area contributed by atoms with E-state index in [1.54, 1.807) is 18.7 Å². The molecule has 6 heteroatoms. The highest BCUT2D eigenvalue weighted by atomic mass is 35.5. The summed E-state index contributed by atoms with van der Waals surface area (Å²) in [6.45, 7) is 3.71. The van der Waals surface area contributed by atoms with Gasteiger partial charge in [-0.15, -0.1) is 0 Å². The molecule has 21 heavy (non-hydrogen) atoms. The molecular weight excluding hydrogens is 290 g/mol. The summed E-state index contributed by atoms with van der Waals surface area (Å²) in [6, 6.07) is 7.53. The highest BCUT2D eigenvalue weighted by Gasteiger charge is 2.25. The zero-order valence-corrected chi connectivity index (χ0v) is 13.2. The first-order chi connectivity index (χ1) is 9.82. The van der Waals surface area contributed by atoms with Crippen LogP contribution in [0.25, 0.3) is 0 Å². The molecule has 1 aromatic heterocycles. The molecule has 0 aliphatic rings. The maximum absolute atomic E-state index is 11.5. The maximum Gasteiger partial charge on any atom is 0.341 e. The third-order valence-electron chi connectivity index (χ3n) is 3.67. The Labute approximate surface area is 128 Å². The third-order valence-corrected chi connectivity index (χ3v) is 3.93. The number of aromatic nitrogens is 2. The molecule has 0 bridgehead atoms. The predicted octanol–water partition coefficient (Wildman–Crippen LogP) is 3.28. The summed E-state index contributed by atoms with van der Waals surface area (Å²) < 4.78 is 1.60. The van der Waals surface area contributed by atoms with E-state index in [0.29, 0.717) is 16.5 Å². The van der Waals surface area contributed by atoms with Crippen molar-refractivity contribution in [1.82, 2.24) is 9.78 Å². The molecule has 0 amide bonds. The Balaban J connectivity index is 2.42. The monoisotopic (exact) mass is 307 g/mol. The number of aryl methyl sites for hydroxylation is 2. The molecule has 0 radical (unpaired) electrons. The molecule has 1 heterocycles. The molecular formula is C15H18ClN3O2. The molecule has 1 atom stereocenters. The summed E-state index contributed by atoms with van der Waals surface area (Å²) in [4.78, 5) is 13.4. The van der Waals surface area contributed by atoms with Crippen LogP contribution in [0.1, 0.15) is 34.6 Å². The number of carbonyl (C=O) groups is 1. The number of anilines is 1. The molecule has 1 N–H and O–H groups in total. The van der Waals surface area contributed by atoms with E-state index in [2.05, 4.69) is 5.10 Å². The molecule has 2 aromatic rings. The van der Waals surface area contributed by atoms with Crippen LogP contribution in [0.4, 0.5) is 5.82 Å². The van der Waals surface area contributed by atoms with Gasteiger partial charge in [0.25, 0.3) is 0 Å². The van der Waals surface area contributed by atoms with Crippen molar-refractivity contribution in [3.63, 3.8) is 0 Å². The van der Waals surface area contributed by atoms with Crippen LogP contribution < -0.4 is 4.90 Å². The summed E-state index contributed by atoms with van der Waals surface area (Å²) in [5.41, 5.74) is 1.80. The Morgan fingerprint density at radius 2 is 1.95 bits per heavy atom. The second kappa shape index (κ2) is 5.77. The number of nitrogens with zero attached hydrogens (tertiary/aromatic N) is 3. The van der Waals surface area contributed by atoms with Crippen molar-refractivity contribution in [2.75, 3.05) is 11.9 Å². The fourth-order valence-corrected chi connectivity index (χ4v) is 2.58. The van der Waals surface area contributed by atoms with E-state index >= 15 is 0 Å². The Bertz CT molecular complexity index is 664. The SMILES string of the molecule is Cc1nn(C)c(N(C)C(C)c2ccc(Cl)cc2)c1C(=O)O. The van der Waals surface area contributed by atoms with Gasteiger partial charge in [-0.25, -0.2) is 4.79 Å². The smallest absolute Gasteiger partial charge is 0.341 e. The summed E-state index contributed by atoms with van der Waals surface area (Å²) in [7, 11) is 3.61. The number of carboxylic acid groups (broad SMARTS) is 1. The summed E-state index contributed by atoms with van der Waals surface area (Å²) >= 11 is 5.90. The molecule has 0 saturated carbocycles. The Hall–Kier alpha value is -2.01. The zero-order chi connectivity index (χ0) is 15.7. The standard InChI is InChI=1S/C15H18ClN3O2/c1-9-13(15(20)21)14(19(4)17-9)18(3)10(2)11-5-7-12(16)8-6-11/h5-8,10H,1-4H3,(H,20,21). The molecule has 1 aromatic carbocycles. The fraction of sp³-hybridized carbons (Fsp3) is 0.333. The van der Waals surface area contributed by atoms with Crippen LogP contribution in [-0.4, -0.2) is 27.9 Å². The molecule has 112 valence electrons. The first kappa shape index (κ1) is 15.4. The number of aromatic carboxylic acids is 1. The number of carboxylic acids is 1. The van der Waals surface area contributed by atoms with Gasteiger partial charge in [-0.05, 0) is 31.5 Å². The van der Waals surface area contributed by atoms with Crippen molar-refractivity contribution in [1.29, 1.82) is 0 Å². The quantitative estimate of drug-likeness (QED) is 0.941. The molecule has 0 aliphatic carbocycles. The molecule has 0 saturated heterocycles. The average molecular weight is 308 g/mol. The minimum atomic E-state index is -0.967. The third kappa shape index (κ3) is 2.88. The predicted molar refractivity (Wildman–Crippen MR) is 83.2 cm³/mol. The Morgan fingerprint density at radius 3 is 2.48 bits per heavy atom. The molecule has 5 nitrogen and oxygen atoms in total. The van der Waals surface area contributed by atoms with Gasteiger partial charge in [0.05, 0.1) is 11.7 Å². The Morgan fingerprint density at radius 1 is 1.38 bits per heavy atom. The summed E-state index contributed by atoms with van der Waals surface area (Å²) in [5, 5.41) is 14.3. The number of benzene rings is 1. The van der Waals surface area contributed by atoms with Crippen molar-refractivity contribution in [3.8, 4) is 0 Å². The lowest BCUT2D eigenvalue weighted by Gasteiger charge is -2.27. The zero-order valence-electron chi connectivity index (χ0n) is 12.5. The molecule has 0 spiro atoms. The minimum Gasteiger partial charge on any atom is -0.477 e. The second-order valence-corrected chi connectivity index (χ2v) is 5.49. The lowest BCUT2D eigenvalue weighted by molar-refractivity contribution is 0.0696. The van der Waals surface area contributed by atoms with E-state index in [4.69, 9.17) is 11.6 Å². The Kier molecular flexibility index (Phi) is 4.23. The van der Waals surface area contributed by atoms with Crippen molar-refractivity contribution >= 4 is 23.4 Å². The van der Waals surface area contributed by atoms with Crippen LogP contribution in [0.15, 0.2) is 24.3 Å². The van der Waals surface area contributed by atoms with Crippen molar-refractivity contribution in [2.45, 2.75) is 19.9 Å². The second-order valence-electron chi connectivity index (χ2n) is 5.05. The summed E-state index contributed by atoms with van der Waals surface area (Å²) in [5.74, 6) is -0.381. The van der Waals surface area contributed by atoms with Crippen LogP contribution in [0, 0.1) is 6.92 Å². The van der Waals surface area contributed by atoms with Gasteiger partial charge < -0.3 is 10.0 Å². The van der Waals surface area contributed by atoms with Crippen molar-refractivity contribution in [3.05, 3.63) is 46.1 Å². The molecule has 0 aliphatic heterocycles. The van der Waals surface area contributed by atoms with Crippen LogP contribution >= 0.6 is 11.6 Å². The van der Waals surface area contributed by atoms with Gasteiger partial charge in [-0.3, -0.25) is 4.68 Å². The van der Waals surface area contributed by atoms with E-state index < -0.39 is 5.97 Å². The normalized spacial score (nSPS) is 12.2. The molecule has 0 fully saturated rings. The number of rotatable bonds is 4. The lowest BCUT2D eigenvalue weighted by atomic mass is 10.1. The average Bonchev–Trinajstić information content (AvgIpc) is 2.72. The first-order valence-electron chi connectivity index (χ1n) is 6.58. The first-order valence-corrected chi connectivity index (χ1v) is 6.96. The van der Waals surface area contributed by atoms with Gasteiger partial charge in [-0.1, -0.05) is 23.7 Å². The highest BCUT2D eigenvalue weighted by Crippen LogP contribution is 2.30. The maximum atomic E-state index is 11.5. The van der Waals surface area contributed by atoms with E-state index in [-0.39, 0.29) is 11.6 Å². The van der Waals surface area contributed by atoms with E-state index in [1.165, 1.54) is 0 Å². The largest absolute Gasteiger partial charge is 0.477 e. The van der Waals surface area contributed by atoms with Gasteiger partial charge >= 0.3 is 5.97 Å². The number of hydrogen-bond donors (Lipinski definition) is 1. The van der Waals surface area contributed by atoms with Crippen molar-refractivity contribution < 1.29 is 9.90 Å². The molecule has 1 unspecified atom stereocenters. The van der Waals surface area contributed by atoms with Gasteiger partial charge in [0.2, 0.25) is 0 Å². The van der Waals surface area contributed by atoms with Gasteiger partial charge in [0.1, 0.15) is 11.4 Å². The molecule has 2 rings (SSSR count). The van der Waals surface area contributed by atoms with Crippen LogP contribution in [0.2, 0.25) is 5.02 Å². The van der Waals surface area contributed by atoms with Gasteiger partial charge in [0, 0.05) is 19.1 Å². The van der Waals surface area contributed by atoms with Gasteiger partial charge in [-0.2, -0.15) is 5.10 Å². The van der Waals surface area contributed by atoms with Crippen molar-refractivity contribution in [2.24, 2.45) is 7.05 Å². The van der Waals surface area contributed by atoms with Gasteiger partial charge in [0.15, 0.2) is 0 Å². The number of hydrogen-bond acceptors (Lipinski definition) is 3. The van der Waals surface area contributed by atoms with Crippen LogP contribution in [0.3, 0.4) is 0 Å². The number of halogens is 1. The van der Waals surface area contributed by atoms with E-state index in [9.17, 15) is 9.90 Å². The highest BCUT2D eigenvalue weighted by molar-refractivity contribution is 6.30. The van der Waals surface area contributed by atoms with Crippen LogP contribution in [0.5, 0.6) is 0 Å². The topological polar surface area (TPSA) is 58.4 Å². The van der Waals surface area contributed by atoms with E-state index in [1.807, 2.05) is 43.1 Å².